The molecule has 0 bridgehead atoms. The highest BCUT2D eigenvalue weighted by Crippen LogP contribution is 2.71. The van der Waals surface area contributed by atoms with E-state index in [0.29, 0.717) is 17.3 Å². The van der Waals surface area contributed by atoms with Crippen molar-refractivity contribution in [3.63, 3.8) is 0 Å². The summed E-state index contributed by atoms with van der Waals surface area (Å²) in [6.07, 6.45) is 17.6. The number of allylic oxidation sites excluding steroid dienone is 5. The lowest BCUT2D eigenvalue weighted by Gasteiger charge is -2.61. The van der Waals surface area contributed by atoms with Crippen LogP contribution in [0.25, 0.3) is 0 Å². The summed E-state index contributed by atoms with van der Waals surface area (Å²) in [4.78, 5) is 0. The minimum absolute atomic E-state index is 0.0241. The molecule has 33 heavy (non-hydrogen) atoms. The molecule has 4 aliphatic rings. The number of fused-ring (bicyclic) bond motifs is 5. The van der Waals surface area contributed by atoms with Crippen LogP contribution in [-0.2, 0) is 0 Å². The SMILES string of the molecule is CC/C(=C/CC[C@@H](C)[C@H]1CC[C@@]2(C)C3=CC[C@H]4C(C)(C)[C@@H](O)CC[C@]4(C)C3=CC[C@]12C)CO. The maximum atomic E-state index is 10.8. The quantitative estimate of drug-likeness (QED) is 0.405. The van der Waals surface area contributed by atoms with Gasteiger partial charge in [-0.25, -0.2) is 0 Å². The first kappa shape index (κ1) is 25.2. The Morgan fingerprint density at radius 1 is 1.09 bits per heavy atom. The molecule has 0 aromatic heterocycles. The molecule has 0 unspecified atom stereocenters. The summed E-state index contributed by atoms with van der Waals surface area (Å²) in [5.41, 5.74) is 5.26. The molecule has 0 spiro atoms. The van der Waals surface area contributed by atoms with Crippen LogP contribution in [0.4, 0.5) is 0 Å². The van der Waals surface area contributed by atoms with Gasteiger partial charge >= 0.3 is 0 Å². The standard InChI is InChI=1S/C31H50O2/c1-8-22(20-32)11-9-10-21(2)23-14-18-31(7)25-12-13-26-28(3,4)27(33)16-17-29(26,5)24(25)15-19-30(23,31)6/h11-12,15,21,23,26-27,32-33H,8-10,13-14,16-20H2,1-7H3/b22-11-/t21-,23-,26+,27+,29-,30-,31+/m1/s1. The smallest absolute Gasteiger partial charge is 0.0641 e. The third-order valence-electron chi connectivity index (χ3n) is 11.7. The third kappa shape index (κ3) is 3.65. The molecule has 0 amide bonds. The highest BCUT2D eigenvalue weighted by Gasteiger charge is 2.62. The van der Waals surface area contributed by atoms with E-state index in [1.165, 1.54) is 31.3 Å². The monoisotopic (exact) mass is 454 g/mol. The number of aliphatic hydroxyl groups excluding tert-OH is 2. The Balaban J connectivity index is 1.60. The summed E-state index contributed by atoms with van der Waals surface area (Å²) in [5.74, 6) is 1.99. The molecule has 0 radical (unpaired) electrons. The lowest BCUT2D eigenvalue weighted by atomic mass is 9.44. The average Bonchev–Trinajstić information content (AvgIpc) is 3.05. The van der Waals surface area contributed by atoms with E-state index in [1.807, 2.05) is 0 Å². The van der Waals surface area contributed by atoms with Crippen molar-refractivity contribution in [1.29, 1.82) is 0 Å². The van der Waals surface area contributed by atoms with E-state index in [-0.39, 0.29) is 29.0 Å². The van der Waals surface area contributed by atoms with E-state index in [0.717, 1.165) is 38.0 Å². The van der Waals surface area contributed by atoms with Crippen molar-refractivity contribution in [3.8, 4) is 0 Å². The second kappa shape index (κ2) is 8.66. The van der Waals surface area contributed by atoms with Gasteiger partial charge in [-0.15, -0.1) is 0 Å². The van der Waals surface area contributed by atoms with Gasteiger partial charge in [0.05, 0.1) is 12.7 Å². The lowest BCUT2D eigenvalue weighted by molar-refractivity contribution is -0.0851. The van der Waals surface area contributed by atoms with Gasteiger partial charge in [0.2, 0.25) is 0 Å². The van der Waals surface area contributed by atoms with Crippen LogP contribution >= 0.6 is 0 Å². The van der Waals surface area contributed by atoms with Crippen LogP contribution in [-0.4, -0.2) is 22.9 Å². The molecule has 4 aliphatic carbocycles. The molecule has 4 rings (SSSR count). The van der Waals surface area contributed by atoms with Crippen LogP contribution in [0.3, 0.4) is 0 Å². The molecule has 2 heteroatoms. The first-order chi connectivity index (χ1) is 15.5. The average molecular weight is 455 g/mol. The largest absolute Gasteiger partial charge is 0.393 e. The Bertz CT molecular complexity index is 841. The summed E-state index contributed by atoms with van der Waals surface area (Å²) in [6.45, 7) is 17.1. The Morgan fingerprint density at radius 2 is 1.82 bits per heavy atom. The predicted octanol–water partition coefficient (Wildman–Crippen LogP) is 7.62. The Hall–Kier alpha value is -0.860. The molecule has 7 atom stereocenters. The summed E-state index contributed by atoms with van der Waals surface area (Å²) in [7, 11) is 0. The van der Waals surface area contributed by atoms with E-state index in [9.17, 15) is 10.2 Å². The first-order valence-electron chi connectivity index (χ1n) is 13.8. The molecule has 2 fully saturated rings. The van der Waals surface area contributed by atoms with Gasteiger partial charge in [0.25, 0.3) is 0 Å². The van der Waals surface area contributed by atoms with E-state index >= 15 is 0 Å². The van der Waals surface area contributed by atoms with Crippen LogP contribution in [0.1, 0.15) is 106 Å². The fourth-order valence-electron chi connectivity index (χ4n) is 9.02. The molecule has 2 N–H and O–H groups in total. The van der Waals surface area contributed by atoms with E-state index in [1.54, 1.807) is 11.1 Å². The minimum atomic E-state index is -0.180. The number of rotatable bonds is 6. The van der Waals surface area contributed by atoms with Crippen LogP contribution < -0.4 is 0 Å². The lowest BCUT2D eigenvalue weighted by Crippen LogP contribution is -2.54. The fraction of sp³-hybridized carbons (Fsp3) is 0.806. The Kier molecular flexibility index (Phi) is 6.63. The summed E-state index contributed by atoms with van der Waals surface area (Å²) in [6, 6.07) is 0. The molecule has 0 saturated heterocycles. The normalized spacial score (nSPS) is 43.2. The molecule has 0 heterocycles. The fourth-order valence-corrected chi connectivity index (χ4v) is 9.02. The maximum absolute atomic E-state index is 10.8. The van der Waals surface area contributed by atoms with Gasteiger partial charge in [-0.05, 0) is 114 Å². The van der Waals surface area contributed by atoms with Crippen molar-refractivity contribution in [2.45, 2.75) is 112 Å². The molecule has 0 aromatic carbocycles. The van der Waals surface area contributed by atoms with Gasteiger partial charge in [-0.1, -0.05) is 66.7 Å². The Labute approximate surface area is 203 Å². The van der Waals surface area contributed by atoms with Gasteiger partial charge in [0.15, 0.2) is 0 Å². The Morgan fingerprint density at radius 3 is 2.48 bits per heavy atom. The topological polar surface area (TPSA) is 40.5 Å². The van der Waals surface area contributed by atoms with Crippen molar-refractivity contribution in [2.75, 3.05) is 6.61 Å². The van der Waals surface area contributed by atoms with Crippen molar-refractivity contribution in [2.24, 2.45) is 39.4 Å². The second-order valence-electron chi connectivity index (χ2n) is 13.3. The zero-order chi connectivity index (χ0) is 24.2. The molecular formula is C31H50O2. The first-order valence-corrected chi connectivity index (χ1v) is 13.8. The minimum Gasteiger partial charge on any atom is -0.393 e. The summed E-state index contributed by atoms with van der Waals surface area (Å²) < 4.78 is 0. The molecule has 2 nitrogen and oxygen atoms in total. The van der Waals surface area contributed by atoms with Gasteiger partial charge in [0.1, 0.15) is 0 Å². The highest BCUT2D eigenvalue weighted by molar-refractivity contribution is 5.49. The highest BCUT2D eigenvalue weighted by atomic mass is 16.3. The van der Waals surface area contributed by atoms with E-state index < -0.39 is 0 Å². The summed E-state index contributed by atoms with van der Waals surface area (Å²) in [5, 5.41) is 20.3. The van der Waals surface area contributed by atoms with Crippen LogP contribution in [0.15, 0.2) is 34.9 Å². The van der Waals surface area contributed by atoms with E-state index in [2.05, 4.69) is 66.7 Å². The van der Waals surface area contributed by atoms with Gasteiger partial charge in [-0.2, -0.15) is 0 Å². The number of aliphatic hydroxyl groups is 2. The molecular weight excluding hydrogens is 404 g/mol. The predicted molar refractivity (Wildman–Crippen MR) is 139 cm³/mol. The number of hydrogen-bond acceptors (Lipinski definition) is 2. The zero-order valence-corrected chi connectivity index (χ0v) is 22.5. The van der Waals surface area contributed by atoms with Crippen LogP contribution in [0, 0.1) is 39.4 Å². The molecule has 0 aliphatic heterocycles. The van der Waals surface area contributed by atoms with Gasteiger partial charge in [-0.3, -0.25) is 0 Å². The maximum Gasteiger partial charge on any atom is 0.0641 e. The zero-order valence-electron chi connectivity index (χ0n) is 22.5. The van der Waals surface area contributed by atoms with Crippen LogP contribution in [0.5, 0.6) is 0 Å². The molecule has 2 saturated carbocycles. The van der Waals surface area contributed by atoms with Crippen molar-refractivity contribution in [1.82, 2.24) is 0 Å². The second-order valence-corrected chi connectivity index (χ2v) is 13.3. The van der Waals surface area contributed by atoms with Gasteiger partial charge < -0.3 is 10.2 Å². The van der Waals surface area contributed by atoms with Crippen LogP contribution in [0.2, 0.25) is 0 Å². The van der Waals surface area contributed by atoms with Gasteiger partial charge in [0, 0.05) is 0 Å². The van der Waals surface area contributed by atoms with Crippen molar-refractivity contribution < 1.29 is 10.2 Å². The number of hydrogen-bond donors (Lipinski definition) is 2. The third-order valence-corrected chi connectivity index (χ3v) is 11.7. The summed E-state index contributed by atoms with van der Waals surface area (Å²) >= 11 is 0. The molecule has 0 aromatic rings. The van der Waals surface area contributed by atoms with E-state index in [4.69, 9.17) is 0 Å². The molecule has 186 valence electrons. The van der Waals surface area contributed by atoms with Crippen molar-refractivity contribution >= 4 is 0 Å². The van der Waals surface area contributed by atoms with Crippen molar-refractivity contribution in [3.05, 3.63) is 34.9 Å².